The quantitative estimate of drug-likeness (QED) is 0.135. The second-order valence-electron chi connectivity index (χ2n) is 12.4. The molecule has 0 saturated carbocycles. The number of hydrogen-bond donors (Lipinski definition) is 0. The Kier molecular flexibility index (Phi) is 10.0. The fraction of sp³-hybridized carbons (Fsp3) is 0.205. The van der Waals surface area contributed by atoms with Crippen molar-refractivity contribution in [3.63, 3.8) is 0 Å². The summed E-state index contributed by atoms with van der Waals surface area (Å²) in [5.74, 6) is 0.388. The Morgan fingerprint density at radius 3 is 1.29 bits per heavy atom. The van der Waals surface area contributed by atoms with Crippen LogP contribution in [-0.4, -0.2) is 58.9 Å². The second kappa shape index (κ2) is 14.8. The molecular weight excluding hydrogens is 703 g/mol. The fourth-order valence-corrected chi connectivity index (χ4v) is 7.65. The molecule has 5 aromatic rings. The summed E-state index contributed by atoms with van der Waals surface area (Å²) in [5, 5.41) is 0. The Morgan fingerprint density at radius 2 is 0.904 bits per heavy atom. The summed E-state index contributed by atoms with van der Waals surface area (Å²) in [5.41, 5.74) is 4.16. The maximum Gasteiger partial charge on any atom is 0.297 e. The van der Waals surface area contributed by atoms with Gasteiger partial charge in [0.05, 0.1) is 23.0 Å². The molecule has 3 heterocycles. The first-order chi connectivity index (χ1) is 25.1. The summed E-state index contributed by atoms with van der Waals surface area (Å²) in [6.07, 6.45) is -1.29. The average Bonchev–Trinajstić information content (AvgIpc) is 3.80. The predicted octanol–water partition coefficient (Wildman–Crippen LogP) is 6.28. The van der Waals surface area contributed by atoms with Gasteiger partial charge in [0.25, 0.3) is 20.2 Å². The minimum absolute atomic E-state index is 0.0504. The molecule has 7 rings (SSSR count). The van der Waals surface area contributed by atoms with Crippen molar-refractivity contribution >= 4 is 32.0 Å². The van der Waals surface area contributed by atoms with Gasteiger partial charge in [0.2, 0.25) is 11.8 Å². The highest BCUT2D eigenvalue weighted by molar-refractivity contribution is 7.87. The highest BCUT2D eigenvalue weighted by atomic mass is 32.2. The third-order valence-electron chi connectivity index (χ3n) is 8.59. The Hall–Kier alpha value is -5.21. The number of ether oxygens (including phenoxy) is 2. The molecule has 0 bridgehead atoms. The van der Waals surface area contributed by atoms with E-state index in [9.17, 15) is 16.8 Å². The van der Waals surface area contributed by atoms with E-state index in [1.165, 1.54) is 24.3 Å². The molecule has 0 aliphatic carbocycles. The van der Waals surface area contributed by atoms with Gasteiger partial charge in [-0.15, -0.1) is 0 Å². The molecule has 0 N–H and O–H groups in total. The molecule has 11 nitrogen and oxygen atoms in total. The van der Waals surface area contributed by atoms with Gasteiger partial charge in [-0.3, -0.25) is 8.37 Å². The van der Waals surface area contributed by atoms with Crippen molar-refractivity contribution in [2.24, 2.45) is 9.98 Å². The molecule has 0 saturated heterocycles. The van der Waals surface area contributed by atoms with Crippen LogP contribution in [0.4, 0.5) is 0 Å². The molecule has 2 aliphatic rings. The van der Waals surface area contributed by atoms with Gasteiger partial charge in [-0.1, -0.05) is 102 Å². The van der Waals surface area contributed by atoms with Crippen LogP contribution < -0.4 is 0 Å². The minimum Gasteiger partial charge on any atom is -0.466 e. The molecule has 0 fully saturated rings. The highest BCUT2D eigenvalue weighted by Crippen LogP contribution is 2.34. The van der Waals surface area contributed by atoms with Crippen LogP contribution in [0.15, 0.2) is 147 Å². The van der Waals surface area contributed by atoms with E-state index >= 15 is 0 Å². The molecule has 266 valence electrons. The second-order valence-corrected chi connectivity index (χ2v) is 15.6. The lowest BCUT2D eigenvalue weighted by Gasteiger charge is -2.18. The van der Waals surface area contributed by atoms with E-state index in [1.54, 1.807) is 42.5 Å². The molecule has 4 atom stereocenters. The Bertz CT molecular complexity index is 2150. The van der Waals surface area contributed by atoms with E-state index < -0.39 is 44.5 Å². The van der Waals surface area contributed by atoms with E-state index in [-0.39, 0.29) is 34.8 Å². The normalized spacial score (nSPS) is 20.1. The Morgan fingerprint density at radius 1 is 0.519 bits per heavy atom. The van der Waals surface area contributed by atoms with Crippen LogP contribution in [0.3, 0.4) is 0 Å². The number of aromatic nitrogens is 1. The lowest BCUT2D eigenvalue weighted by molar-refractivity contribution is 0.162. The summed E-state index contributed by atoms with van der Waals surface area (Å²) < 4.78 is 75.8. The van der Waals surface area contributed by atoms with Gasteiger partial charge >= 0.3 is 0 Å². The zero-order valence-corrected chi connectivity index (χ0v) is 29.9. The molecule has 0 unspecified atom stereocenters. The van der Waals surface area contributed by atoms with Crippen LogP contribution in [0, 0.1) is 13.8 Å². The fourth-order valence-electron chi connectivity index (χ4n) is 5.80. The zero-order valence-electron chi connectivity index (χ0n) is 28.3. The van der Waals surface area contributed by atoms with E-state index in [0.717, 1.165) is 22.3 Å². The lowest BCUT2D eigenvalue weighted by atomic mass is 10.0. The molecule has 2 aliphatic heterocycles. The van der Waals surface area contributed by atoms with Gasteiger partial charge in [-0.05, 0) is 61.4 Å². The van der Waals surface area contributed by atoms with E-state index in [2.05, 4.69) is 0 Å². The number of benzene rings is 4. The first kappa shape index (κ1) is 35.2. The van der Waals surface area contributed by atoms with Crippen LogP contribution in [0.1, 0.15) is 45.8 Å². The van der Waals surface area contributed by atoms with Crippen molar-refractivity contribution in [1.29, 1.82) is 0 Å². The summed E-state index contributed by atoms with van der Waals surface area (Å²) in [7, 11) is -8.11. The highest BCUT2D eigenvalue weighted by Gasteiger charge is 2.37. The first-order valence-electron chi connectivity index (χ1n) is 16.5. The summed E-state index contributed by atoms with van der Waals surface area (Å²) in [6.45, 7) is 3.22. The Labute approximate surface area is 302 Å². The minimum atomic E-state index is -4.06. The van der Waals surface area contributed by atoms with Crippen molar-refractivity contribution in [3.8, 4) is 0 Å². The number of aliphatic imine (C=N–C) groups is 2. The van der Waals surface area contributed by atoms with Crippen molar-refractivity contribution in [2.75, 3.05) is 13.2 Å². The van der Waals surface area contributed by atoms with Crippen molar-refractivity contribution < 1.29 is 34.7 Å². The molecule has 1 aromatic heterocycles. The van der Waals surface area contributed by atoms with E-state index in [1.807, 2.05) is 74.5 Å². The summed E-state index contributed by atoms with van der Waals surface area (Å²) in [4.78, 5) is 14.3. The van der Waals surface area contributed by atoms with Crippen molar-refractivity contribution in [1.82, 2.24) is 4.98 Å². The van der Waals surface area contributed by atoms with Crippen molar-refractivity contribution in [3.05, 3.63) is 161 Å². The SMILES string of the molecule is Cc1ccc(S(=O)(=O)OC[C@@H]2N=C(c3cccc(C4=N[C@@H](COS(=O)(=O)c5ccc(C)cc5)[C@H](c5ccccc5)O4)n3)O[C@H]2c2ccccc2)cc1. The van der Waals surface area contributed by atoms with Gasteiger partial charge in [-0.25, -0.2) is 15.0 Å². The molecule has 0 spiro atoms. The lowest BCUT2D eigenvalue weighted by Crippen LogP contribution is -2.22. The van der Waals surface area contributed by atoms with Crippen LogP contribution in [0.2, 0.25) is 0 Å². The van der Waals surface area contributed by atoms with Gasteiger partial charge in [0, 0.05) is 0 Å². The monoisotopic (exact) mass is 737 g/mol. The first-order valence-corrected chi connectivity index (χ1v) is 19.4. The third kappa shape index (κ3) is 7.82. The molecular formula is C39H35N3O8S2. The zero-order chi connectivity index (χ0) is 36.3. The maximum absolute atomic E-state index is 13.0. The van der Waals surface area contributed by atoms with E-state index in [4.69, 9.17) is 32.8 Å². The van der Waals surface area contributed by atoms with Crippen LogP contribution in [0.5, 0.6) is 0 Å². The van der Waals surface area contributed by atoms with Gasteiger partial charge < -0.3 is 9.47 Å². The number of rotatable bonds is 12. The molecule has 13 heteroatoms. The average molecular weight is 738 g/mol. The molecule has 4 aromatic carbocycles. The molecule has 52 heavy (non-hydrogen) atoms. The predicted molar refractivity (Wildman–Crippen MR) is 194 cm³/mol. The summed E-state index contributed by atoms with van der Waals surface area (Å²) in [6, 6.07) is 35.3. The topological polar surface area (TPSA) is 143 Å². The number of nitrogens with zero attached hydrogens (tertiary/aromatic N) is 3. The smallest absolute Gasteiger partial charge is 0.297 e. The number of pyridine rings is 1. The summed E-state index contributed by atoms with van der Waals surface area (Å²) >= 11 is 0. The third-order valence-corrected chi connectivity index (χ3v) is 11.2. The Balaban J connectivity index is 1.14. The number of aryl methyl sites for hydroxylation is 2. The van der Waals surface area contributed by atoms with Crippen LogP contribution in [0.25, 0.3) is 0 Å². The molecule has 0 radical (unpaired) electrons. The standard InChI is InChI=1S/C39H35N3O8S2/c1-26-16-20-30(21-17-26)51(43,44)47-24-34-36(28-10-5-3-6-11-28)49-38(41-34)32-14-9-15-33(40-32)39-42-35(37(50-39)29-12-7-4-8-13-29)25-48-52(45,46)31-22-18-27(2)19-23-31/h3-23,34-37H,24-25H2,1-2H3/t34-,35-,36-,37-/m0/s1. The molecule has 0 amide bonds. The largest absolute Gasteiger partial charge is 0.466 e. The van der Waals surface area contributed by atoms with Crippen LogP contribution >= 0.6 is 0 Å². The van der Waals surface area contributed by atoms with Crippen molar-refractivity contribution in [2.45, 2.75) is 47.9 Å². The van der Waals surface area contributed by atoms with Gasteiger partial charge in [0.15, 0.2) is 12.2 Å². The van der Waals surface area contributed by atoms with Gasteiger partial charge in [0.1, 0.15) is 23.5 Å². The van der Waals surface area contributed by atoms with Crippen LogP contribution in [-0.2, 0) is 38.1 Å². The maximum atomic E-state index is 13.0. The van der Waals surface area contributed by atoms with E-state index in [0.29, 0.717) is 11.4 Å². The number of hydrogen-bond acceptors (Lipinski definition) is 11. The van der Waals surface area contributed by atoms with Gasteiger partial charge in [-0.2, -0.15) is 16.8 Å².